The van der Waals surface area contributed by atoms with Crippen LogP contribution in [-0.4, -0.2) is 49.4 Å². The lowest BCUT2D eigenvalue weighted by atomic mass is 9.91. The van der Waals surface area contributed by atoms with E-state index in [1.165, 1.54) is 83.5 Å². The first-order valence-corrected chi connectivity index (χ1v) is 13.1. The van der Waals surface area contributed by atoms with Gasteiger partial charge in [0.05, 0.1) is 25.4 Å². The molecule has 4 heteroatoms. The normalized spacial score (nSPS) is 14.7. The highest BCUT2D eigenvalue weighted by molar-refractivity contribution is 4.74. The first kappa shape index (κ1) is 29.8. The number of methoxy groups -OCH3 is 1. The van der Waals surface area contributed by atoms with Crippen LogP contribution in [0.25, 0.3) is 0 Å². The van der Waals surface area contributed by atoms with Crippen molar-refractivity contribution in [3.63, 3.8) is 0 Å². The van der Waals surface area contributed by atoms with Crippen LogP contribution in [0.3, 0.4) is 0 Å². The molecule has 0 aromatic heterocycles. The Balaban J connectivity index is 3.68. The minimum absolute atomic E-state index is 0.0122. The zero-order valence-electron chi connectivity index (χ0n) is 20.6. The van der Waals surface area contributed by atoms with E-state index in [4.69, 9.17) is 14.6 Å². The van der Waals surface area contributed by atoms with E-state index < -0.39 is 6.10 Å². The molecule has 0 aliphatic heterocycles. The van der Waals surface area contributed by atoms with Gasteiger partial charge >= 0.3 is 0 Å². The molecule has 30 heavy (non-hydrogen) atoms. The summed E-state index contributed by atoms with van der Waals surface area (Å²) in [6.07, 6.45) is 21.0. The van der Waals surface area contributed by atoms with Crippen molar-refractivity contribution in [3.05, 3.63) is 0 Å². The summed E-state index contributed by atoms with van der Waals surface area (Å²) in [5.74, 6) is 0.240. The van der Waals surface area contributed by atoms with E-state index in [2.05, 4.69) is 13.8 Å². The van der Waals surface area contributed by atoms with Gasteiger partial charge in [0.25, 0.3) is 0 Å². The van der Waals surface area contributed by atoms with Crippen LogP contribution in [0.15, 0.2) is 0 Å². The fourth-order valence-corrected chi connectivity index (χ4v) is 4.27. The third-order valence-electron chi connectivity index (χ3n) is 6.13. The first-order chi connectivity index (χ1) is 14.7. The topological polar surface area (TPSA) is 58.9 Å². The zero-order valence-corrected chi connectivity index (χ0v) is 20.6. The highest BCUT2D eigenvalue weighted by Gasteiger charge is 2.24. The molecule has 0 aromatic rings. The van der Waals surface area contributed by atoms with Gasteiger partial charge in [-0.15, -0.1) is 0 Å². The molecule has 3 atom stereocenters. The largest absolute Gasteiger partial charge is 0.394 e. The summed E-state index contributed by atoms with van der Waals surface area (Å²) in [5, 5.41) is 19.0. The van der Waals surface area contributed by atoms with Crippen molar-refractivity contribution in [1.29, 1.82) is 0 Å². The van der Waals surface area contributed by atoms with Crippen molar-refractivity contribution in [3.8, 4) is 0 Å². The van der Waals surface area contributed by atoms with Crippen LogP contribution in [0, 0.1) is 5.92 Å². The Kier molecular flexibility index (Phi) is 23.4. The number of unbranched alkanes of at least 4 members (excludes halogenated alkanes) is 13. The van der Waals surface area contributed by atoms with Crippen molar-refractivity contribution in [2.75, 3.05) is 26.9 Å². The maximum atomic E-state index is 9.83. The smallest absolute Gasteiger partial charge is 0.0837 e. The predicted molar refractivity (Wildman–Crippen MR) is 128 cm³/mol. The minimum Gasteiger partial charge on any atom is -0.394 e. The van der Waals surface area contributed by atoms with Crippen LogP contribution in [0.1, 0.15) is 123 Å². The van der Waals surface area contributed by atoms with Crippen LogP contribution < -0.4 is 0 Å². The number of aliphatic hydroxyl groups excluding tert-OH is 2. The molecule has 3 unspecified atom stereocenters. The summed E-state index contributed by atoms with van der Waals surface area (Å²) >= 11 is 0. The lowest BCUT2D eigenvalue weighted by Gasteiger charge is -2.28. The summed E-state index contributed by atoms with van der Waals surface area (Å²) in [7, 11) is 1.70. The van der Waals surface area contributed by atoms with Crippen molar-refractivity contribution in [1.82, 2.24) is 0 Å². The average Bonchev–Trinajstić information content (AvgIpc) is 2.75. The Labute approximate surface area is 188 Å². The summed E-state index contributed by atoms with van der Waals surface area (Å²) in [4.78, 5) is 0. The Hall–Kier alpha value is -0.160. The molecule has 0 bridgehead atoms. The van der Waals surface area contributed by atoms with Crippen molar-refractivity contribution >= 4 is 0 Å². The van der Waals surface area contributed by atoms with Crippen LogP contribution in [0.2, 0.25) is 0 Å². The van der Waals surface area contributed by atoms with E-state index in [1.54, 1.807) is 7.11 Å². The summed E-state index contributed by atoms with van der Waals surface area (Å²) in [5.41, 5.74) is 0. The second-order valence-electron chi connectivity index (χ2n) is 9.08. The Bertz CT molecular complexity index is 324. The molecule has 2 N–H and O–H groups in total. The molecule has 0 radical (unpaired) electrons. The van der Waals surface area contributed by atoms with Gasteiger partial charge in [-0.1, -0.05) is 104 Å². The molecule has 0 aromatic carbocycles. The van der Waals surface area contributed by atoms with E-state index in [0.717, 1.165) is 25.9 Å². The fraction of sp³-hybridized carbons (Fsp3) is 1.00. The average molecular weight is 431 g/mol. The van der Waals surface area contributed by atoms with Gasteiger partial charge in [-0.05, 0) is 25.2 Å². The Morgan fingerprint density at radius 1 is 0.700 bits per heavy atom. The van der Waals surface area contributed by atoms with Crippen LogP contribution in [-0.2, 0) is 9.47 Å². The zero-order chi connectivity index (χ0) is 22.3. The van der Waals surface area contributed by atoms with Crippen molar-refractivity contribution in [2.45, 2.75) is 135 Å². The Morgan fingerprint density at radius 3 is 1.63 bits per heavy atom. The molecular formula is C26H54O4. The molecule has 0 fully saturated rings. The molecule has 4 nitrogen and oxygen atoms in total. The molecule has 0 saturated carbocycles. The van der Waals surface area contributed by atoms with E-state index >= 15 is 0 Å². The maximum Gasteiger partial charge on any atom is 0.0837 e. The van der Waals surface area contributed by atoms with E-state index in [0.29, 0.717) is 13.0 Å². The van der Waals surface area contributed by atoms with Gasteiger partial charge in [-0.25, -0.2) is 0 Å². The second kappa shape index (κ2) is 23.5. The summed E-state index contributed by atoms with van der Waals surface area (Å²) < 4.78 is 11.5. The monoisotopic (exact) mass is 430 g/mol. The van der Waals surface area contributed by atoms with Crippen LogP contribution >= 0.6 is 0 Å². The van der Waals surface area contributed by atoms with Crippen LogP contribution in [0.4, 0.5) is 0 Å². The number of rotatable bonds is 24. The number of aliphatic hydroxyl groups is 2. The van der Waals surface area contributed by atoms with Gasteiger partial charge in [-0.3, -0.25) is 0 Å². The third-order valence-corrected chi connectivity index (χ3v) is 6.13. The highest BCUT2D eigenvalue weighted by Crippen LogP contribution is 2.22. The lowest BCUT2D eigenvalue weighted by molar-refractivity contribution is -0.0533. The van der Waals surface area contributed by atoms with E-state index in [1.807, 2.05) is 0 Å². The first-order valence-electron chi connectivity index (χ1n) is 13.1. The second-order valence-corrected chi connectivity index (χ2v) is 9.08. The molecule has 0 aliphatic carbocycles. The summed E-state index contributed by atoms with van der Waals surface area (Å²) in [6.45, 7) is 5.57. The van der Waals surface area contributed by atoms with Gasteiger partial charge < -0.3 is 19.7 Å². The third kappa shape index (κ3) is 18.6. The molecule has 182 valence electrons. The summed E-state index contributed by atoms with van der Waals surface area (Å²) in [6, 6.07) is 0. The van der Waals surface area contributed by atoms with Crippen molar-refractivity contribution < 1.29 is 19.7 Å². The fourth-order valence-electron chi connectivity index (χ4n) is 4.27. The van der Waals surface area contributed by atoms with Gasteiger partial charge in [0.2, 0.25) is 0 Å². The van der Waals surface area contributed by atoms with Gasteiger partial charge in [0.1, 0.15) is 0 Å². The molecule has 0 saturated heterocycles. The van der Waals surface area contributed by atoms with Crippen LogP contribution in [0.5, 0.6) is 0 Å². The lowest BCUT2D eigenvalue weighted by Crippen LogP contribution is -2.32. The standard InChI is InChI=1S/C26H54O4/c1-4-6-7-8-9-10-11-12-13-14-15-16-17-18-20-30-26(23-29-3)24(19-5-2)21-25(28)22-27/h24-28H,4-23H2,1-3H3. The quantitative estimate of drug-likeness (QED) is 0.168. The van der Waals surface area contributed by atoms with E-state index in [-0.39, 0.29) is 18.6 Å². The molecule has 0 spiro atoms. The molecule has 0 rings (SSSR count). The molecular weight excluding hydrogens is 376 g/mol. The predicted octanol–water partition coefficient (Wildman–Crippen LogP) is 6.66. The number of ether oxygens (including phenoxy) is 2. The van der Waals surface area contributed by atoms with Gasteiger partial charge in [0, 0.05) is 13.7 Å². The molecule has 0 aliphatic rings. The SMILES string of the molecule is CCCCCCCCCCCCCCCCOC(COC)C(CCC)CC(O)CO. The van der Waals surface area contributed by atoms with Gasteiger partial charge in [0.15, 0.2) is 0 Å². The number of hydrogen-bond acceptors (Lipinski definition) is 4. The molecule has 0 heterocycles. The Morgan fingerprint density at radius 2 is 1.20 bits per heavy atom. The van der Waals surface area contributed by atoms with E-state index in [9.17, 15) is 5.11 Å². The molecule has 0 amide bonds. The maximum absolute atomic E-state index is 9.83. The highest BCUT2D eigenvalue weighted by atomic mass is 16.5. The van der Waals surface area contributed by atoms with Gasteiger partial charge in [-0.2, -0.15) is 0 Å². The van der Waals surface area contributed by atoms with Crippen molar-refractivity contribution in [2.24, 2.45) is 5.92 Å². The number of hydrogen-bond donors (Lipinski definition) is 2. The minimum atomic E-state index is -0.662.